The van der Waals surface area contributed by atoms with E-state index in [1.54, 1.807) is 4.90 Å². The average Bonchev–Trinajstić information content (AvgIpc) is 3.24. The second-order valence-electron chi connectivity index (χ2n) is 7.13. The van der Waals surface area contributed by atoms with Gasteiger partial charge in [0.05, 0.1) is 6.04 Å². The molecule has 1 unspecified atom stereocenters. The largest absolute Gasteiger partial charge is 0.337 e. The SMILES string of the molecule is Cc1ccc(-c2noc(C(C)N3CCN(C(=O)c4ccc(=O)[nH]n4)CC3)n2)cc1. The minimum Gasteiger partial charge on any atom is -0.337 e. The number of hydrogen-bond donors (Lipinski definition) is 1. The van der Waals surface area contributed by atoms with E-state index in [0.717, 1.165) is 5.56 Å². The summed E-state index contributed by atoms with van der Waals surface area (Å²) in [4.78, 5) is 32.1. The van der Waals surface area contributed by atoms with Crippen molar-refractivity contribution in [2.75, 3.05) is 26.2 Å². The van der Waals surface area contributed by atoms with Gasteiger partial charge in [-0.05, 0) is 19.9 Å². The van der Waals surface area contributed by atoms with Crippen LogP contribution in [0.1, 0.15) is 34.9 Å². The number of nitrogens with zero attached hydrogens (tertiary/aromatic N) is 5. The van der Waals surface area contributed by atoms with Gasteiger partial charge >= 0.3 is 0 Å². The zero-order valence-electron chi connectivity index (χ0n) is 16.3. The van der Waals surface area contributed by atoms with Crippen molar-refractivity contribution in [1.82, 2.24) is 30.1 Å². The van der Waals surface area contributed by atoms with E-state index in [1.165, 1.54) is 17.7 Å². The van der Waals surface area contributed by atoms with Crippen LogP contribution in [0.3, 0.4) is 0 Å². The molecular weight excluding hydrogens is 372 g/mol. The molecule has 0 aliphatic carbocycles. The van der Waals surface area contributed by atoms with E-state index in [-0.39, 0.29) is 23.2 Å². The molecule has 1 amide bonds. The highest BCUT2D eigenvalue weighted by molar-refractivity contribution is 5.92. The van der Waals surface area contributed by atoms with E-state index in [4.69, 9.17) is 4.52 Å². The zero-order chi connectivity index (χ0) is 20.4. The van der Waals surface area contributed by atoms with E-state index in [0.29, 0.717) is 37.9 Å². The molecule has 0 spiro atoms. The number of H-pyrrole nitrogens is 1. The Bertz CT molecular complexity index is 1030. The summed E-state index contributed by atoms with van der Waals surface area (Å²) in [7, 11) is 0. The lowest BCUT2D eigenvalue weighted by Gasteiger charge is -2.36. The maximum absolute atomic E-state index is 12.5. The minimum absolute atomic E-state index is 0.0508. The molecule has 0 bridgehead atoms. The first kappa shape index (κ1) is 19.0. The van der Waals surface area contributed by atoms with Gasteiger partial charge in [0, 0.05) is 37.8 Å². The maximum atomic E-state index is 12.5. The Morgan fingerprint density at radius 1 is 1.10 bits per heavy atom. The molecule has 2 aromatic heterocycles. The van der Waals surface area contributed by atoms with Gasteiger partial charge < -0.3 is 9.42 Å². The molecule has 9 heteroatoms. The van der Waals surface area contributed by atoms with Gasteiger partial charge in [-0.15, -0.1) is 0 Å². The van der Waals surface area contributed by atoms with Crippen molar-refractivity contribution in [3.8, 4) is 11.4 Å². The van der Waals surface area contributed by atoms with Gasteiger partial charge in [-0.3, -0.25) is 14.5 Å². The monoisotopic (exact) mass is 394 g/mol. The van der Waals surface area contributed by atoms with Crippen LogP contribution in [0, 0.1) is 6.92 Å². The van der Waals surface area contributed by atoms with Crippen LogP contribution in [-0.2, 0) is 0 Å². The molecule has 150 valence electrons. The van der Waals surface area contributed by atoms with Crippen LogP contribution in [0.25, 0.3) is 11.4 Å². The standard InChI is InChI=1S/C20H22N6O3/c1-13-3-5-15(6-4-13)18-21-19(29-24-18)14(2)25-9-11-26(12-10-25)20(28)16-7-8-17(27)23-22-16/h3-8,14H,9-12H2,1-2H3,(H,23,27). The van der Waals surface area contributed by atoms with Gasteiger partial charge in [-0.2, -0.15) is 10.1 Å². The van der Waals surface area contributed by atoms with Gasteiger partial charge in [-0.1, -0.05) is 35.0 Å². The van der Waals surface area contributed by atoms with Crippen LogP contribution >= 0.6 is 0 Å². The Balaban J connectivity index is 1.38. The molecule has 3 heterocycles. The fraction of sp³-hybridized carbons (Fsp3) is 0.350. The van der Waals surface area contributed by atoms with Crippen LogP contribution < -0.4 is 5.56 Å². The number of rotatable bonds is 4. The summed E-state index contributed by atoms with van der Waals surface area (Å²) in [6, 6.07) is 10.7. The Labute approximate surface area is 167 Å². The minimum atomic E-state index is -0.329. The first-order valence-electron chi connectivity index (χ1n) is 9.51. The number of hydrogen-bond acceptors (Lipinski definition) is 7. The average molecular weight is 394 g/mol. The molecule has 9 nitrogen and oxygen atoms in total. The molecular formula is C20H22N6O3. The number of aromatic nitrogens is 4. The number of benzene rings is 1. The summed E-state index contributed by atoms with van der Waals surface area (Å²) in [6.07, 6.45) is 0. The van der Waals surface area contributed by atoms with Gasteiger partial charge in [0.2, 0.25) is 11.7 Å². The molecule has 29 heavy (non-hydrogen) atoms. The van der Waals surface area contributed by atoms with Crippen LogP contribution in [0.5, 0.6) is 0 Å². The fourth-order valence-electron chi connectivity index (χ4n) is 3.32. The van der Waals surface area contributed by atoms with Crippen LogP contribution in [0.2, 0.25) is 0 Å². The van der Waals surface area contributed by atoms with E-state index >= 15 is 0 Å². The van der Waals surface area contributed by atoms with Crippen molar-refractivity contribution in [3.63, 3.8) is 0 Å². The maximum Gasteiger partial charge on any atom is 0.274 e. The summed E-state index contributed by atoms with van der Waals surface area (Å²) in [5, 5.41) is 10.2. The second kappa shape index (κ2) is 7.96. The third kappa shape index (κ3) is 4.09. The van der Waals surface area contributed by atoms with Crippen molar-refractivity contribution in [2.24, 2.45) is 0 Å². The lowest BCUT2D eigenvalue weighted by atomic mass is 10.1. The van der Waals surface area contributed by atoms with Crippen LogP contribution in [0.4, 0.5) is 0 Å². The van der Waals surface area contributed by atoms with E-state index in [9.17, 15) is 9.59 Å². The zero-order valence-corrected chi connectivity index (χ0v) is 16.3. The molecule has 1 atom stereocenters. The molecule has 1 saturated heterocycles. The fourth-order valence-corrected chi connectivity index (χ4v) is 3.32. The number of amides is 1. The summed E-state index contributed by atoms with van der Waals surface area (Å²) >= 11 is 0. The third-order valence-electron chi connectivity index (χ3n) is 5.16. The van der Waals surface area contributed by atoms with E-state index < -0.39 is 0 Å². The predicted octanol–water partition coefficient (Wildman–Crippen LogP) is 1.65. The second-order valence-corrected chi connectivity index (χ2v) is 7.13. The van der Waals surface area contributed by atoms with Crippen molar-refractivity contribution < 1.29 is 9.32 Å². The number of piperazine rings is 1. The van der Waals surface area contributed by atoms with Crippen molar-refractivity contribution >= 4 is 5.91 Å². The number of aromatic amines is 1. The molecule has 3 aromatic rings. The third-order valence-corrected chi connectivity index (χ3v) is 5.16. The molecule has 1 aliphatic heterocycles. The van der Waals surface area contributed by atoms with Crippen molar-refractivity contribution in [3.05, 3.63) is 63.9 Å². The summed E-state index contributed by atoms with van der Waals surface area (Å²) < 4.78 is 5.49. The first-order chi connectivity index (χ1) is 14.0. The van der Waals surface area contributed by atoms with Crippen LogP contribution in [-0.4, -0.2) is 62.2 Å². The Morgan fingerprint density at radius 3 is 2.48 bits per heavy atom. The van der Waals surface area contributed by atoms with Gasteiger partial charge in [0.25, 0.3) is 11.5 Å². The molecule has 4 rings (SSSR count). The highest BCUT2D eigenvalue weighted by Gasteiger charge is 2.28. The van der Waals surface area contributed by atoms with E-state index in [1.807, 2.05) is 38.1 Å². The highest BCUT2D eigenvalue weighted by atomic mass is 16.5. The molecule has 1 aliphatic rings. The molecule has 1 N–H and O–H groups in total. The van der Waals surface area contributed by atoms with Crippen molar-refractivity contribution in [2.45, 2.75) is 19.9 Å². The molecule has 1 aromatic carbocycles. The van der Waals surface area contributed by atoms with Crippen LogP contribution in [0.15, 0.2) is 45.7 Å². The topological polar surface area (TPSA) is 108 Å². The number of carbonyl (C=O) groups is 1. The summed E-state index contributed by atoms with van der Waals surface area (Å²) in [6.45, 7) is 6.53. The number of nitrogens with one attached hydrogen (secondary N) is 1. The van der Waals surface area contributed by atoms with E-state index in [2.05, 4.69) is 25.2 Å². The Morgan fingerprint density at radius 2 is 1.83 bits per heavy atom. The highest BCUT2D eigenvalue weighted by Crippen LogP contribution is 2.24. The Kier molecular flexibility index (Phi) is 5.22. The molecule has 1 fully saturated rings. The smallest absolute Gasteiger partial charge is 0.274 e. The lowest BCUT2D eigenvalue weighted by molar-refractivity contribution is 0.0545. The Hall–Kier alpha value is -3.33. The molecule has 0 radical (unpaired) electrons. The predicted molar refractivity (Wildman–Crippen MR) is 105 cm³/mol. The van der Waals surface area contributed by atoms with Gasteiger partial charge in [-0.25, -0.2) is 5.10 Å². The normalized spacial score (nSPS) is 16.0. The summed E-state index contributed by atoms with van der Waals surface area (Å²) in [5.74, 6) is 0.945. The quantitative estimate of drug-likeness (QED) is 0.717. The molecule has 0 saturated carbocycles. The number of aryl methyl sites for hydroxylation is 1. The van der Waals surface area contributed by atoms with Gasteiger partial charge in [0.15, 0.2) is 0 Å². The number of carbonyl (C=O) groups excluding carboxylic acids is 1. The van der Waals surface area contributed by atoms with Crippen molar-refractivity contribution in [1.29, 1.82) is 0 Å². The lowest BCUT2D eigenvalue weighted by Crippen LogP contribution is -2.49. The first-order valence-corrected chi connectivity index (χ1v) is 9.51. The summed E-state index contributed by atoms with van der Waals surface area (Å²) in [5.41, 5.74) is 2.01. The van der Waals surface area contributed by atoms with Gasteiger partial charge in [0.1, 0.15) is 5.69 Å².